The molecule has 1 fully saturated rings. The van der Waals surface area contributed by atoms with E-state index in [4.69, 9.17) is 4.43 Å². The van der Waals surface area contributed by atoms with Gasteiger partial charge in [0.25, 0.3) is 0 Å². The van der Waals surface area contributed by atoms with Crippen LogP contribution in [0, 0.1) is 0 Å². The highest BCUT2D eigenvalue weighted by molar-refractivity contribution is 6.23. The fourth-order valence-electron chi connectivity index (χ4n) is 1.27. The second-order valence-corrected chi connectivity index (χ2v) is 4.33. The van der Waals surface area contributed by atoms with Crippen molar-refractivity contribution >= 4 is 9.92 Å². The van der Waals surface area contributed by atoms with E-state index in [2.05, 4.69) is 4.57 Å². The van der Waals surface area contributed by atoms with Gasteiger partial charge in [-0.1, -0.05) is 6.42 Å². The number of rotatable bonds is 2. The lowest BCUT2D eigenvalue weighted by Crippen LogP contribution is -2.33. The molecule has 0 amide bonds. The fraction of sp³-hybridized carbons (Fsp3) is 1.00. The molecule has 2 nitrogen and oxygen atoms in total. The van der Waals surface area contributed by atoms with Crippen molar-refractivity contribution in [1.82, 2.24) is 4.57 Å². The van der Waals surface area contributed by atoms with Crippen molar-refractivity contribution in [3.63, 3.8) is 0 Å². The summed E-state index contributed by atoms with van der Waals surface area (Å²) in [6.45, 7) is 2.58. The third kappa shape index (κ3) is 2.47. The number of nitrogens with zero attached hydrogens (tertiary/aromatic N) is 1. The van der Waals surface area contributed by atoms with Gasteiger partial charge in [0.15, 0.2) is 0 Å². The van der Waals surface area contributed by atoms with Crippen LogP contribution in [0.1, 0.15) is 19.3 Å². The van der Waals surface area contributed by atoms with Crippen LogP contribution in [0.4, 0.5) is 0 Å². The molecule has 1 rings (SSSR count). The molecule has 0 radical (unpaired) electrons. The first kappa shape index (κ1) is 7.25. The van der Waals surface area contributed by atoms with Crippen molar-refractivity contribution in [2.24, 2.45) is 0 Å². The number of piperidine rings is 1. The number of hydrogen-bond donors (Lipinski definition) is 0. The molecular weight excluding hydrogens is 130 g/mol. The Morgan fingerprint density at radius 1 is 1.22 bits per heavy atom. The van der Waals surface area contributed by atoms with E-state index in [1.165, 1.54) is 32.4 Å². The zero-order valence-electron chi connectivity index (χ0n) is 6.10. The van der Waals surface area contributed by atoms with Crippen LogP contribution in [0.3, 0.4) is 0 Å². The highest BCUT2D eigenvalue weighted by Crippen LogP contribution is 2.06. The van der Waals surface area contributed by atoms with Gasteiger partial charge in [0.2, 0.25) is 9.92 Å². The van der Waals surface area contributed by atoms with Crippen LogP contribution >= 0.6 is 0 Å². The van der Waals surface area contributed by atoms with Gasteiger partial charge in [-0.3, -0.25) is 0 Å². The molecule has 1 heterocycles. The smallest absolute Gasteiger partial charge is 0.238 e. The Bertz CT molecular complexity index is 70.7. The molecule has 0 aromatic rings. The summed E-state index contributed by atoms with van der Waals surface area (Å²) in [5.74, 6) is 0. The Hall–Kier alpha value is 0.137. The Morgan fingerprint density at radius 2 is 1.89 bits per heavy atom. The SMILES string of the molecule is CO[SiH2]N1CCCCC1. The molecule has 0 spiro atoms. The van der Waals surface area contributed by atoms with E-state index in [1.54, 1.807) is 0 Å². The van der Waals surface area contributed by atoms with Crippen LogP contribution in [0.25, 0.3) is 0 Å². The van der Waals surface area contributed by atoms with Gasteiger partial charge in [0, 0.05) is 7.11 Å². The van der Waals surface area contributed by atoms with Crippen molar-refractivity contribution in [2.75, 3.05) is 20.2 Å². The summed E-state index contributed by atoms with van der Waals surface area (Å²) in [6, 6.07) is 0. The molecule has 0 aromatic carbocycles. The molecule has 3 heteroatoms. The molecule has 0 bridgehead atoms. The minimum atomic E-state index is -0.291. The van der Waals surface area contributed by atoms with Gasteiger partial charge in [-0.25, -0.2) is 0 Å². The lowest BCUT2D eigenvalue weighted by Gasteiger charge is -2.24. The quantitative estimate of drug-likeness (QED) is 0.512. The monoisotopic (exact) mass is 145 g/mol. The maximum Gasteiger partial charge on any atom is 0.238 e. The first-order valence-electron chi connectivity index (χ1n) is 3.65. The van der Waals surface area contributed by atoms with E-state index in [-0.39, 0.29) is 9.92 Å². The summed E-state index contributed by atoms with van der Waals surface area (Å²) in [6.07, 6.45) is 4.20. The van der Waals surface area contributed by atoms with Crippen molar-refractivity contribution < 1.29 is 4.43 Å². The molecule has 0 N–H and O–H groups in total. The van der Waals surface area contributed by atoms with E-state index in [0.29, 0.717) is 0 Å². The Balaban J connectivity index is 2.08. The van der Waals surface area contributed by atoms with Crippen LogP contribution in [-0.4, -0.2) is 34.7 Å². The van der Waals surface area contributed by atoms with Crippen LogP contribution in [-0.2, 0) is 4.43 Å². The molecule has 1 saturated heterocycles. The maximum atomic E-state index is 5.15. The average Bonchev–Trinajstić information content (AvgIpc) is 1.91. The summed E-state index contributed by atoms with van der Waals surface area (Å²) in [7, 11) is 1.53. The molecule has 0 aliphatic carbocycles. The molecular formula is C6H15NOSi. The number of hydrogen-bond acceptors (Lipinski definition) is 2. The van der Waals surface area contributed by atoms with E-state index >= 15 is 0 Å². The minimum absolute atomic E-state index is 0.291. The summed E-state index contributed by atoms with van der Waals surface area (Å²) in [4.78, 5) is 0. The standard InChI is InChI=1S/C6H15NOSi/c1-8-9-7-5-3-2-4-6-7/h2-6,9H2,1H3. The maximum absolute atomic E-state index is 5.15. The van der Waals surface area contributed by atoms with Crippen LogP contribution < -0.4 is 0 Å². The predicted octanol–water partition coefficient (Wildman–Crippen LogP) is 0.117. The van der Waals surface area contributed by atoms with Gasteiger partial charge in [0.1, 0.15) is 0 Å². The van der Waals surface area contributed by atoms with Gasteiger partial charge in [-0.15, -0.1) is 0 Å². The normalized spacial score (nSPS) is 23.7. The van der Waals surface area contributed by atoms with Gasteiger partial charge in [-0.2, -0.15) is 0 Å². The van der Waals surface area contributed by atoms with Gasteiger partial charge >= 0.3 is 0 Å². The molecule has 0 atom stereocenters. The average molecular weight is 145 g/mol. The molecule has 0 aromatic heterocycles. The Labute approximate surface area is 59.2 Å². The van der Waals surface area contributed by atoms with Crippen molar-refractivity contribution in [2.45, 2.75) is 19.3 Å². The predicted molar refractivity (Wildman–Crippen MR) is 41.0 cm³/mol. The molecule has 54 valence electrons. The summed E-state index contributed by atoms with van der Waals surface area (Å²) >= 11 is 0. The Kier molecular flexibility index (Phi) is 3.25. The topological polar surface area (TPSA) is 12.5 Å². The van der Waals surface area contributed by atoms with Gasteiger partial charge in [-0.05, 0) is 25.9 Å². The largest absolute Gasteiger partial charge is 0.411 e. The molecule has 0 unspecified atom stereocenters. The Morgan fingerprint density at radius 3 is 2.44 bits per heavy atom. The van der Waals surface area contributed by atoms with Gasteiger partial charge in [0.05, 0.1) is 0 Å². The third-order valence-corrected chi connectivity index (χ3v) is 3.02. The van der Waals surface area contributed by atoms with Crippen LogP contribution in [0.15, 0.2) is 0 Å². The summed E-state index contributed by atoms with van der Waals surface area (Å²) in [5, 5.41) is 0. The second kappa shape index (κ2) is 4.03. The second-order valence-electron chi connectivity index (χ2n) is 2.60. The van der Waals surface area contributed by atoms with Gasteiger partial charge < -0.3 is 8.99 Å². The van der Waals surface area contributed by atoms with E-state index in [1.807, 2.05) is 7.11 Å². The lowest BCUT2D eigenvalue weighted by molar-refractivity contribution is 0.299. The van der Waals surface area contributed by atoms with E-state index < -0.39 is 0 Å². The lowest BCUT2D eigenvalue weighted by atomic mass is 10.2. The van der Waals surface area contributed by atoms with Crippen molar-refractivity contribution in [3.05, 3.63) is 0 Å². The third-order valence-electron chi connectivity index (χ3n) is 1.76. The van der Waals surface area contributed by atoms with E-state index in [0.717, 1.165) is 0 Å². The van der Waals surface area contributed by atoms with Crippen molar-refractivity contribution in [3.8, 4) is 0 Å². The first-order chi connectivity index (χ1) is 4.43. The first-order valence-corrected chi connectivity index (χ1v) is 4.86. The molecule has 1 aliphatic heterocycles. The van der Waals surface area contributed by atoms with Crippen LogP contribution in [0.2, 0.25) is 0 Å². The van der Waals surface area contributed by atoms with Crippen molar-refractivity contribution in [1.29, 1.82) is 0 Å². The summed E-state index contributed by atoms with van der Waals surface area (Å²) < 4.78 is 7.64. The molecule has 1 aliphatic rings. The molecule has 9 heavy (non-hydrogen) atoms. The summed E-state index contributed by atoms with van der Waals surface area (Å²) in [5.41, 5.74) is 0. The molecule has 0 saturated carbocycles. The highest BCUT2D eigenvalue weighted by Gasteiger charge is 2.08. The fourth-order valence-corrected chi connectivity index (χ4v) is 2.34. The van der Waals surface area contributed by atoms with Crippen LogP contribution in [0.5, 0.6) is 0 Å². The highest BCUT2D eigenvalue weighted by atomic mass is 28.2. The zero-order valence-corrected chi connectivity index (χ0v) is 7.51. The zero-order chi connectivity index (χ0) is 6.53. The van der Waals surface area contributed by atoms with E-state index in [9.17, 15) is 0 Å². The minimum Gasteiger partial charge on any atom is -0.411 e.